The molecular formula is C15H15F3N2. The molecule has 0 aliphatic heterocycles. The summed E-state index contributed by atoms with van der Waals surface area (Å²) in [4.78, 5) is 0. The van der Waals surface area contributed by atoms with E-state index >= 15 is 0 Å². The lowest BCUT2D eigenvalue weighted by Gasteiger charge is -2.13. The average molecular weight is 280 g/mol. The number of nitrogen functional groups attached to an aromatic ring is 1. The molecule has 3 N–H and O–H groups in total. The SMILES string of the molecule is Cc1cc(C(F)(F)F)ccc1NCc1ccc(N)cc1. The average Bonchev–Trinajstić information content (AvgIpc) is 2.38. The Morgan fingerprint density at radius 1 is 1.05 bits per heavy atom. The van der Waals surface area contributed by atoms with Crippen molar-refractivity contribution in [3.8, 4) is 0 Å². The Bertz CT molecular complexity index is 589. The predicted molar refractivity (Wildman–Crippen MR) is 74.4 cm³/mol. The summed E-state index contributed by atoms with van der Waals surface area (Å²) in [6, 6.07) is 11.0. The number of hydrogen-bond donors (Lipinski definition) is 2. The molecule has 2 aromatic rings. The van der Waals surface area contributed by atoms with Crippen LogP contribution in [-0.4, -0.2) is 0 Å². The van der Waals surface area contributed by atoms with Crippen molar-refractivity contribution in [1.29, 1.82) is 0 Å². The number of rotatable bonds is 3. The molecule has 0 radical (unpaired) electrons. The molecule has 0 spiro atoms. The maximum Gasteiger partial charge on any atom is 0.416 e. The summed E-state index contributed by atoms with van der Waals surface area (Å²) >= 11 is 0. The molecule has 2 rings (SSSR count). The van der Waals surface area contributed by atoms with Gasteiger partial charge in [-0.25, -0.2) is 0 Å². The van der Waals surface area contributed by atoms with Crippen LogP contribution in [0.25, 0.3) is 0 Å². The molecule has 0 saturated carbocycles. The van der Waals surface area contributed by atoms with Crippen LogP contribution >= 0.6 is 0 Å². The molecule has 0 fully saturated rings. The molecule has 0 aliphatic carbocycles. The number of halogens is 3. The van der Waals surface area contributed by atoms with E-state index in [2.05, 4.69) is 5.32 Å². The van der Waals surface area contributed by atoms with Gasteiger partial charge in [0.1, 0.15) is 0 Å². The van der Waals surface area contributed by atoms with Crippen molar-refractivity contribution in [2.24, 2.45) is 0 Å². The molecule has 0 atom stereocenters. The first kappa shape index (κ1) is 14.2. The smallest absolute Gasteiger partial charge is 0.399 e. The summed E-state index contributed by atoms with van der Waals surface area (Å²) in [6.07, 6.45) is -4.31. The Hall–Kier alpha value is -2.17. The van der Waals surface area contributed by atoms with Gasteiger partial charge in [0.25, 0.3) is 0 Å². The molecule has 0 amide bonds. The first-order valence-corrected chi connectivity index (χ1v) is 6.12. The summed E-state index contributed by atoms with van der Waals surface area (Å²) in [5, 5.41) is 3.12. The van der Waals surface area contributed by atoms with Crippen LogP contribution < -0.4 is 11.1 Å². The van der Waals surface area contributed by atoms with Gasteiger partial charge in [-0.15, -0.1) is 0 Å². The number of benzene rings is 2. The maximum absolute atomic E-state index is 12.6. The highest BCUT2D eigenvalue weighted by Crippen LogP contribution is 2.31. The van der Waals surface area contributed by atoms with Crippen LogP contribution in [0, 0.1) is 6.92 Å². The zero-order valence-corrected chi connectivity index (χ0v) is 11.0. The van der Waals surface area contributed by atoms with E-state index in [4.69, 9.17) is 5.73 Å². The van der Waals surface area contributed by atoms with Gasteiger partial charge in [0.2, 0.25) is 0 Å². The summed E-state index contributed by atoms with van der Waals surface area (Å²) in [5.74, 6) is 0. The summed E-state index contributed by atoms with van der Waals surface area (Å²) in [7, 11) is 0. The van der Waals surface area contributed by atoms with Gasteiger partial charge in [-0.3, -0.25) is 0 Å². The number of aryl methyl sites for hydroxylation is 1. The normalized spacial score (nSPS) is 11.4. The molecule has 0 unspecified atom stereocenters. The fraction of sp³-hybridized carbons (Fsp3) is 0.200. The first-order valence-electron chi connectivity index (χ1n) is 6.12. The third kappa shape index (κ3) is 3.44. The highest BCUT2D eigenvalue weighted by atomic mass is 19.4. The van der Waals surface area contributed by atoms with E-state index in [0.29, 0.717) is 23.5 Å². The molecule has 0 aliphatic rings. The first-order chi connectivity index (χ1) is 9.36. The predicted octanol–water partition coefficient (Wildman–Crippen LogP) is 4.21. The van der Waals surface area contributed by atoms with E-state index in [1.54, 1.807) is 19.1 Å². The second-order valence-electron chi connectivity index (χ2n) is 4.62. The largest absolute Gasteiger partial charge is 0.416 e. The fourth-order valence-electron chi connectivity index (χ4n) is 1.87. The van der Waals surface area contributed by atoms with Crippen molar-refractivity contribution in [2.45, 2.75) is 19.6 Å². The zero-order chi connectivity index (χ0) is 14.8. The van der Waals surface area contributed by atoms with Crippen molar-refractivity contribution in [3.63, 3.8) is 0 Å². The monoisotopic (exact) mass is 280 g/mol. The van der Waals surface area contributed by atoms with E-state index in [9.17, 15) is 13.2 Å². The number of nitrogens with two attached hydrogens (primary N) is 1. The Morgan fingerprint density at radius 3 is 2.25 bits per heavy atom. The van der Waals surface area contributed by atoms with Crippen LogP contribution in [0.2, 0.25) is 0 Å². The lowest BCUT2D eigenvalue weighted by atomic mass is 10.1. The molecule has 0 saturated heterocycles. The third-order valence-electron chi connectivity index (χ3n) is 3.02. The summed E-state index contributed by atoms with van der Waals surface area (Å²) in [5.41, 5.74) is 7.90. The number of hydrogen-bond acceptors (Lipinski definition) is 2. The van der Waals surface area contributed by atoms with Crippen LogP contribution in [0.3, 0.4) is 0 Å². The molecule has 0 bridgehead atoms. The maximum atomic E-state index is 12.6. The number of anilines is 2. The zero-order valence-electron chi connectivity index (χ0n) is 11.0. The van der Waals surface area contributed by atoms with Gasteiger partial charge in [0.05, 0.1) is 5.56 Å². The second kappa shape index (κ2) is 5.45. The van der Waals surface area contributed by atoms with Gasteiger partial charge in [0, 0.05) is 17.9 Å². The number of nitrogens with one attached hydrogen (secondary N) is 1. The van der Waals surface area contributed by atoms with Crippen molar-refractivity contribution >= 4 is 11.4 Å². The summed E-state index contributed by atoms with van der Waals surface area (Å²) in [6.45, 7) is 2.19. The minimum atomic E-state index is -4.31. The van der Waals surface area contributed by atoms with Crippen molar-refractivity contribution < 1.29 is 13.2 Å². The second-order valence-corrected chi connectivity index (χ2v) is 4.62. The number of alkyl halides is 3. The lowest BCUT2D eigenvalue weighted by Crippen LogP contribution is -2.07. The van der Waals surface area contributed by atoms with Gasteiger partial charge < -0.3 is 11.1 Å². The third-order valence-corrected chi connectivity index (χ3v) is 3.02. The van der Waals surface area contributed by atoms with Gasteiger partial charge >= 0.3 is 6.18 Å². The van der Waals surface area contributed by atoms with E-state index < -0.39 is 11.7 Å². The van der Waals surface area contributed by atoms with E-state index in [-0.39, 0.29) is 0 Å². The van der Waals surface area contributed by atoms with Crippen LogP contribution in [0.4, 0.5) is 24.5 Å². The Labute approximate surface area is 115 Å². The highest BCUT2D eigenvalue weighted by Gasteiger charge is 2.30. The van der Waals surface area contributed by atoms with Crippen LogP contribution in [-0.2, 0) is 12.7 Å². The Kier molecular flexibility index (Phi) is 3.88. The molecule has 2 nitrogen and oxygen atoms in total. The fourth-order valence-corrected chi connectivity index (χ4v) is 1.87. The quantitative estimate of drug-likeness (QED) is 0.827. The standard InChI is InChI=1S/C15H15F3N2/c1-10-8-12(15(16,17)18)4-7-14(10)20-9-11-2-5-13(19)6-3-11/h2-8,20H,9,19H2,1H3. The minimum absolute atomic E-state index is 0.534. The van der Waals surface area contributed by atoms with Crippen LogP contribution in [0.15, 0.2) is 42.5 Å². The van der Waals surface area contributed by atoms with Crippen LogP contribution in [0.5, 0.6) is 0 Å². The topological polar surface area (TPSA) is 38.0 Å². The van der Waals surface area contributed by atoms with Gasteiger partial charge in [0.15, 0.2) is 0 Å². The lowest BCUT2D eigenvalue weighted by molar-refractivity contribution is -0.137. The molecule has 20 heavy (non-hydrogen) atoms. The van der Waals surface area contributed by atoms with Crippen molar-refractivity contribution in [1.82, 2.24) is 0 Å². The van der Waals surface area contributed by atoms with E-state index in [0.717, 1.165) is 17.7 Å². The molecule has 5 heteroatoms. The Balaban J connectivity index is 2.08. The van der Waals surface area contributed by atoms with E-state index in [1.165, 1.54) is 6.07 Å². The summed E-state index contributed by atoms with van der Waals surface area (Å²) < 4.78 is 37.7. The van der Waals surface area contributed by atoms with Gasteiger partial charge in [-0.2, -0.15) is 13.2 Å². The molecule has 0 heterocycles. The van der Waals surface area contributed by atoms with Crippen LogP contribution in [0.1, 0.15) is 16.7 Å². The highest BCUT2D eigenvalue weighted by molar-refractivity contribution is 5.53. The molecular weight excluding hydrogens is 265 g/mol. The molecule has 0 aromatic heterocycles. The van der Waals surface area contributed by atoms with Crippen molar-refractivity contribution in [2.75, 3.05) is 11.1 Å². The van der Waals surface area contributed by atoms with Gasteiger partial charge in [-0.05, 0) is 48.4 Å². The molecule has 2 aromatic carbocycles. The van der Waals surface area contributed by atoms with E-state index in [1.807, 2.05) is 12.1 Å². The Morgan fingerprint density at radius 2 is 1.70 bits per heavy atom. The van der Waals surface area contributed by atoms with Crippen molar-refractivity contribution in [3.05, 3.63) is 59.2 Å². The minimum Gasteiger partial charge on any atom is -0.399 e. The molecule has 106 valence electrons. The van der Waals surface area contributed by atoms with Gasteiger partial charge in [-0.1, -0.05) is 12.1 Å².